The van der Waals surface area contributed by atoms with Gasteiger partial charge in [0.2, 0.25) is 6.79 Å². The number of anilines is 2. The number of phosphoric acid groups is 1. The summed E-state index contributed by atoms with van der Waals surface area (Å²) in [5.41, 5.74) is 11.3. The number of carbonyl (C=O) groups is 1. The Hall–Kier alpha value is -3.83. The van der Waals surface area contributed by atoms with Crippen LogP contribution in [0.25, 0.3) is 22.3 Å². The van der Waals surface area contributed by atoms with Crippen molar-refractivity contribution in [2.24, 2.45) is 5.41 Å². The summed E-state index contributed by atoms with van der Waals surface area (Å²) in [6.07, 6.45) is -9.88. The second-order valence-corrected chi connectivity index (χ2v) is 17.1. The maximum Gasteiger partial charge on any atom is 0.478 e. The molecule has 3 unspecified atom stereocenters. The van der Waals surface area contributed by atoms with E-state index in [2.05, 4.69) is 29.9 Å². The maximum atomic E-state index is 16.6. The number of esters is 1. The van der Waals surface area contributed by atoms with Gasteiger partial charge in [-0.15, -0.1) is 0 Å². The lowest BCUT2D eigenvalue weighted by Gasteiger charge is -2.30. The van der Waals surface area contributed by atoms with Gasteiger partial charge in [0.15, 0.2) is 54.5 Å². The van der Waals surface area contributed by atoms with Crippen molar-refractivity contribution >= 4 is 55.4 Å². The van der Waals surface area contributed by atoms with Gasteiger partial charge in [-0.2, -0.15) is 0 Å². The standard InChI is InChI=1S/C29H38F2N10O12P2/c1-4-29(2,3)28(43)46-13-49-55(45)47-7-15-21(17(31)27(51-15)41-11-39-19-23(33)35-9-37-25(19)41)52-54(44,48-12-42)6-5-14-20(53-55)16(30)26(50-14)40-10-38-18-22(32)34-8-36-24(18)40/h8-11,14-17,20-21,26-27,42H,4-7,12-13H2,1-3H3,(H2,32,34,36)(H2,33,35,37)/t14?,15-,16-,17-,20-,21-,26-,27-,54?,55?/m1/s1. The number of fused-ring (bicyclic) bond motifs is 4. The van der Waals surface area contributed by atoms with Crippen molar-refractivity contribution in [3.8, 4) is 0 Å². The first-order chi connectivity index (χ1) is 26.2. The molecule has 7 rings (SSSR count). The minimum Gasteiger partial charge on any atom is -0.437 e. The largest absolute Gasteiger partial charge is 0.478 e. The summed E-state index contributed by atoms with van der Waals surface area (Å²) < 4.78 is 109. The zero-order chi connectivity index (χ0) is 39.3. The zero-order valence-corrected chi connectivity index (χ0v) is 31.3. The molecule has 0 spiro atoms. The van der Waals surface area contributed by atoms with Gasteiger partial charge in [-0.3, -0.25) is 36.6 Å². The van der Waals surface area contributed by atoms with Gasteiger partial charge in [0.05, 0.1) is 36.9 Å². The number of hydrogen-bond donors (Lipinski definition) is 3. The van der Waals surface area contributed by atoms with Crippen molar-refractivity contribution in [1.82, 2.24) is 39.0 Å². The fourth-order valence-corrected chi connectivity index (χ4v) is 9.09. The number of aliphatic hydroxyl groups is 1. The molecule has 3 fully saturated rings. The monoisotopic (exact) mass is 818 g/mol. The third-order valence-electron chi connectivity index (χ3n) is 9.57. The molecule has 300 valence electrons. The normalized spacial score (nSPS) is 33.2. The molecule has 7 heterocycles. The zero-order valence-electron chi connectivity index (χ0n) is 29.5. The van der Waals surface area contributed by atoms with E-state index in [9.17, 15) is 19.0 Å². The van der Waals surface area contributed by atoms with Gasteiger partial charge in [-0.25, -0.2) is 47.8 Å². The van der Waals surface area contributed by atoms with E-state index in [0.29, 0.717) is 6.42 Å². The number of ether oxygens (including phenoxy) is 3. The molecule has 0 bridgehead atoms. The Balaban J connectivity index is 1.23. The predicted octanol–water partition coefficient (Wildman–Crippen LogP) is 2.71. The number of carbonyl (C=O) groups excluding carboxylic acids is 1. The van der Waals surface area contributed by atoms with E-state index in [1.54, 1.807) is 20.8 Å². The summed E-state index contributed by atoms with van der Waals surface area (Å²) in [6.45, 7) is 2.09. The van der Waals surface area contributed by atoms with E-state index in [1.807, 2.05) is 0 Å². The van der Waals surface area contributed by atoms with Gasteiger partial charge in [-0.1, -0.05) is 6.92 Å². The minimum atomic E-state index is -5.01. The summed E-state index contributed by atoms with van der Waals surface area (Å²) in [5.74, 6) is -0.699. The number of aliphatic hydroxyl groups excluding tert-OH is 1. The van der Waals surface area contributed by atoms with E-state index in [0.717, 1.165) is 12.7 Å². The van der Waals surface area contributed by atoms with Crippen molar-refractivity contribution in [2.45, 2.75) is 82.8 Å². The first kappa shape index (κ1) is 39.4. The number of rotatable bonds is 9. The number of alkyl halides is 2. The molecule has 3 aliphatic rings. The topological polar surface area (TPSA) is 285 Å². The molecule has 22 nitrogen and oxygen atoms in total. The van der Waals surface area contributed by atoms with Gasteiger partial charge in [0.25, 0.3) is 0 Å². The lowest BCUT2D eigenvalue weighted by atomic mass is 9.91. The average Bonchev–Trinajstić information content (AvgIpc) is 3.92. The molecule has 55 heavy (non-hydrogen) atoms. The van der Waals surface area contributed by atoms with Crippen LogP contribution in [0.5, 0.6) is 0 Å². The van der Waals surface area contributed by atoms with Crippen LogP contribution in [-0.2, 0) is 50.8 Å². The van der Waals surface area contributed by atoms with Crippen LogP contribution in [0.2, 0.25) is 0 Å². The Morgan fingerprint density at radius 1 is 0.909 bits per heavy atom. The average molecular weight is 819 g/mol. The number of hydrogen-bond acceptors (Lipinski definition) is 20. The van der Waals surface area contributed by atoms with Crippen molar-refractivity contribution in [2.75, 3.05) is 37.8 Å². The Labute approximate surface area is 310 Å². The molecular weight excluding hydrogens is 780 g/mol. The highest BCUT2D eigenvalue weighted by Crippen LogP contribution is 2.58. The fourth-order valence-electron chi connectivity index (χ4n) is 6.17. The lowest BCUT2D eigenvalue weighted by molar-refractivity contribution is -0.162. The van der Waals surface area contributed by atoms with Crippen molar-refractivity contribution < 1.29 is 64.6 Å². The van der Waals surface area contributed by atoms with E-state index < -0.39 is 109 Å². The molecule has 0 amide bonds. The van der Waals surface area contributed by atoms with Crippen molar-refractivity contribution in [3.05, 3.63) is 25.3 Å². The molecule has 26 heteroatoms. The first-order valence-electron chi connectivity index (χ1n) is 16.9. The molecule has 0 radical (unpaired) electrons. The Kier molecular flexibility index (Phi) is 10.9. The molecule has 0 aliphatic carbocycles. The van der Waals surface area contributed by atoms with E-state index in [-0.39, 0.29) is 34.0 Å². The van der Waals surface area contributed by atoms with Gasteiger partial charge < -0.3 is 30.8 Å². The number of nitrogen functional groups attached to an aromatic ring is 2. The van der Waals surface area contributed by atoms with Crippen molar-refractivity contribution in [3.63, 3.8) is 0 Å². The highest BCUT2D eigenvalue weighted by atomic mass is 31.2. The van der Waals surface area contributed by atoms with Crippen LogP contribution in [0.3, 0.4) is 0 Å². The maximum absolute atomic E-state index is 16.6. The molecule has 10 atom stereocenters. The number of aromatic nitrogens is 8. The number of nitrogens with two attached hydrogens (primary N) is 2. The second-order valence-electron chi connectivity index (χ2n) is 13.4. The number of nitrogens with zero attached hydrogens (tertiary/aromatic N) is 8. The number of imidazole rings is 2. The number of halogens is 2. The van der Waals surface area contributed by atoms with Crippen LogP contribution in [0.4, 0.5) is 20.4 Å². The quantitative estimate of drug-likeness (QED) is 0.124. The van der Waals surface area contributed by atoms with Crippen LogP contribution in [0.15, 0.2) is 25.3 Å². The van der Waals surface area contributed by atoms with Crippen LogP contribution in [-0.4, -0.2) is 113 Å². The molecule has 0 saturated carbocycles. The van der Waals surface area contributed by atoms with Crippen LogP contribution in [0.1, 0.15) is 46.1 Å². The highest BCUT2D eigenvalue weighted by Gasteiger charge is 2.55. The fraction of sp³-hybridized carbons (Fsp3) is 0.621. The van der Waals surface area contributed by atoms with Crippen LogP contribution < -0.4 is 11.5 Å². The van der Waals surface area contributed by atoms with Crippen molar-refractivity contribution in [1.29, 1.82) is 0 Å². The van der Waals surface area contributed by atoms with Gasteiger partial charge in [0.1, 0.15) is 42.0 Å². The highest BCUT2D eigenvalue weighted by molar-refractivity contribution is 7.53. The van der Waals surface area contributed by atoms with Gasteiger partial charge in [-0.05, 0) is 26.7 Å². The van der Waals surface area contributed by atoms with Crippen LogP contribution >= 0.6 is 15.4 Å². The van der Waals surface area contributed by atoms with E-state index >= 15 is 8.78 Å². The minimum absolute atomic E-state index is 0.00198. The summed E-state index contributed by atoms with van der Waals surface area (Å²) >= 11 is 0. The first-order valence-corrected chi connectivity index (χ1v) is 20.1. The summed E-state index contributed by atoms with van der Waals surface area (Å²) in [5, 5.41) is 9.70. The Morgan fingerprint density at radius 2 is 1.47 bits per heavy atom. The molecule has 4 aromatic rings. The Morgan fingerprint density at radius 3 is 2.04 bits per heavy atom. The molecule has 3 aliphatic heterocycles. The smallest absolute Gasteiger partial charge is 0.437 e. The molecule has 4 aromatic heterocycles. The molecule has 3 saturated heterocycles. The van der Waals surface area contributed by atoms with Gasteiger partial charge >= 0.3 is 21.4 Å². The summed E-state index contributed by atoms with van der Waals surface area (Å²) in [7, 11) is -9.48. The number of phosphoric ester groups is 1. The van der Waals surface area contributed by atoms with E-state index in [1.165, 1.54) is 21.8 Å². The summed E-state index contributed by atoms with van der Waals surface area (Å²) in [4.78, 5) is 37.0. The van der Waals surface area contributed by atoms with Crippen LogP contribution in [0, 0.1) is 5.41 Å². The third kappa shape index (κ3) is 7.55. The summed E-state index contributed by atoms with van der Waals surface area (Å²) in [6, 6.07) is 0. The molecule has 5 N–H and O–H groups in total. The third-order valence-corrected chi connectivity index (χ3v) is 12.8. The second kappa shape index (κ2) is 15.3. The predicted molar refractivity (Wildman–Crippen MR) is 182 cm³/mol. The molecule has 0 aromatic carbocycles. The lowest BCUT2D eigenvalue weighted by Crippen LogP contribution is -2.37. The Bertz CT molecular complexity index is 2150. The SMILES string of the molecule is CCC(C)(C)C(=O)OCOP1(=O)OC[C@H]2O[C@@H](n3cnc4c(N)ncnc43)[C@H](F)[C@@H]2OP(=O)(OCO)CCC2O[C@@H](n3cnc4c(N)ncnc43)[C@H](F)[C@@H]2O1. The molecular formula is C29H38F2N10O12P2. The van der Waals surface area contributed by atoms with E-state index in [4.69, 9.17) is 48.3 Å². The van der Waals surface area contributed by atoms with Gasteiger partial charge in [0, 0.05) is 0 Å².